The quantitative estimate of drug-likeness (QED) is 0.709. The molecule has 0 amide bonds. The van der Waals surface area contributed by atoms with Crippen LogP contribution in [0.25, 0.3) is 0 Å². The van der Waals surface area contributed by atoms with Crippen molar-refractivity contribution in [1.29, 1.82) is 0 Å². The summed E-state index contributed by atoms with van der Waals surface area (Å²) in [4.78, 5) is 0. The maximum absolute atomic E-state index is 5.45. The predicted molar refractivity (Wildman–Crippen MR) is 65.2 cm³/mol. The van der Waals surface area contributed by atoms with E-state index in [2.05, 4.69) is 26.1 Å². The first kappa shape index (κ1) is 13.0. The zero-order valence-electron chi connectivity index (χ0n) is 10.6. The van der Waals surface area contributed by atoms with Gasteiger partial charge in [-0.1, -0.05) is 25.7 Å². The van der Waals surface area contributed by atoms with E-state index in [1.165, 1.54) is 38.5 Å². The molecule has 1 rings (SSSR count). The van der Waals surface area contributed by atoms with Crippen LogP contribution in [0.1, 0.15) is 59.3 Å². The first-order chi connectivity index (χ1) is 7.16. The monoisotopic (exact) mass is 213 g/mol. The Bertz CT molecular complexity index is 162. The van der Waals surface area contributed by atoms with E-state index in [0.29, 0.717) is 11.6 Å². The highest BCUT2D eigenvalue weighted by atomic mass is 16.5. The Hall–Kier alpha value is -0.0800. The highest BCUT2D eigenvalue weighted by Gasteiger charge is 2.26. The molecule has 1 aliphatic carbocycles. The van der Waals surface area contributed by atoms with E-state index in [-0.39, 0.29) is 0 Å². The number of hydrogen-bond acceptors (Lipinski definition) is 2. The van der Waals surface area contributed by atoms with Crippen molar-refractivity contribution < 1.29 is 4.74 Å². The van der Waals surface area contributed by atoms with E-state index < -0.39 is 0 Å². The molecule has 2 nitrogen and oxygen atoms in total. The van der Waals surface area contributed by atoms with Crippen LogP contribution in [0, 0.1) is 0 Å². The fourth-order valence-corrected chi connectivity index (χ4v) is 2.58. The summed E-state index contributed by atoms with van der Waals surface area (Å²) < 4.78 is 5.45. The Morgan fingerprint density at radius 2 is 1.80 bits per heavy atom. The van der Waals surface area contributed by atoms with Gasteiger partial charge in [-0.3, -0.25) is 0 Å². The Kier molecular flexibility index (Phi) is 5.62. The molecular formula is C13H27NO. The molecule has 0 saturated heterocycles. The van der Waals surface area contributed by atoms with Crippen LogP contribution in [0.4, 0.5) is 0 Å². The summed E-state index contributed by atoms with van der Waals surface area (Å²) >= 11 is 0. The van der Waals surface area contributed by atoms with Crippen LogP contribution in [0.3, 0.4) is 0 Å². The van der Waals surface area contributed by atoms with Gasteiger partial charge in [-0.05, 0) is 33.6 Å². The fourth-order valence-electron chi connectivity index (χ4n) is 2.58. The minimum atomic E-state index is 0.354. The number of rotatable bonds is 5. The van der Waals surface area contributed by atoms with E-state index in [1.54, 1.807) is 0 Å². The highest BCUT2D eigenvalue weighted by Crippen LogP contribution is 2.26. The SMILES string of the molecule is CCOCC(C)NC1(C)CCCCCC1. The molecule has 0 aliphatic heterocycles. The lowest BCUT2D eigenvalue weighted by Gasteiger charge is -2.33. The van der Waals surface area contributed by atoms with Crippen LogP contribution in [-0.4, -0.2) is 24.8 Å². The lowest BCUT2D eigenvalue weighted by atomic mass is 9.92. The number of ether oxygens (including phenoxy) is 1. The van der Waals surface area contributed by atoms with Gasteiger partial charge in [0.2, 0.25) is 0 Å². The average Bonchev–Trinajstić information content (AvgIpc) is 2.40. The topological polar surface area (TPSA) is 21.3 Å². The van der Waals surface area contributed by atoms with Gasteiger partial charge in [0.1, 0.15) is 0 Å². The van der Waals surface area contributed by atoms with Gasteiger partial charge in [-0.2, -0.15) is 0 Å². The smallest absolute Gasteiger partial charge is 0.0616 e. The van der Waals surface area contributed by atoms with Crippen molar-refractivity contribution >= 4 is 0 Å². The van der Waals surface area contributed by atoms with E-state index >= 15 is 0 Å². The summed E-state index contributed by atoms with van der Waals surface area (Å²) in [5.41, 5.74) is 0.354. The Labute approximate surface area is 94.8 Å². The first-order valence-corrected chi connectivity index (χ1v) is 6.52. The van der Waals surface area contributed by atoms with Gasteiger partial charge in [-0.15, -0.1) is 0 Å². The summed E-state index contributed by atoms with van der Waals surface area (Å²) in [5.74, 6) is 0. The second-order valence-electron chi connectivity index (χ2n) is 5.18. The van der Waals surface area contributed by atoms with Crippen molar-refractivity contribution in [3.63, 3.8) is 0 Å². The lowest BCUT2D eigenvalue weighted by molar-refractivity contribution is 0.112. The molecule has 0 radical (unpaired) electrons. The molecule has 90 valence electrons. The van der Waals surface area contributed by atoms with E-state index in [1.807, 2.05) is 0 Å². The van der Waals surface area contributed by atoms with Crippen LogP contribution in [0.15, 0.2) is 0 Å². The molecule has 1 N–H and O–H groups in total. The molecule has 0 aromatic rings. The average molecular weight is 213 g/mol. The van der Waals surface area contributed by atoms with Crippen LogP contribution < -0.4 is 5.32 Å². The van der Waals surface area contributed by atoms with Gasteiger partial charge in [0, 0.05) is 18.2 Å². The van der Waals surface area contributed by atoms with Crippen LogP contribution in [-0.2, 0) is 4.74 Å². The maximum Gasteiger partial charge on any atom is 0.0616 e. The van der Waals surface area contributed by atoms with E-state index in [9.17, 15) is 0 Å². The first-order valence-electron chi connectivity index (χ1n) is 6.52. The third-order valence-electron chi connectivity index (χ3n) is 3.37. The normalized spacial score (nSPS) is 23.4. The molecule has 0 aromatic heterocycles. The Morgan fingerprint density at radius 1 is 1.20 bits per heavy atom. The maximum atomic E-state index is 5.45. The van der Waals surface area contributed by atoms with Crippen molar-refractivity contribution in [2.45, 2.75) is 70.9 Å². The molecule has 0 bridgehead atoms. The number of hydrogen-bond donors (Lipinski definition) is 1. The molecule has 1 saturated carbocycles. The zero-order chi connectivity index (χ0) is 11.1. The molecule has 1 unspecified atom stereocenters. The van der Waals surface area contributed by atoms with Crippen LogP contribution in [0.2, 0.25) is 0 Å². The second-order valence-corrected chi connectivity index (χ2v) is 5.18. The minimum Gasteiger partial charge on any atom is -0.380 e. The lowest BCUT2D eigenvalue weighted by Crippen LogP contribution is -2.48. The summed E-state index contributed by atoms with van der Waals surface area (Å²) in [6.07, 6.45) is 8.23. The number of nitrogens with one attached hydrogen (secondary N) is 1. The Balaban J connectivity index is 2.32. The van der Waals surface area contributed by atoms with Gasteiger partial charge in [-0.25, -0.2) is 0 Å². The predicted octanol–water partition coefficient (Wildman–Crippen LogP) is 3.11. The minimum absolute atomic E-state index is 0.354. The summed E-state index contributed by atoms with van der Waals surface area (Å²) in [7, 11) is 0. The molecule has 1 atom stereocenters. The zero-order valence-corrected chi connectivity index (χ0v) is 10.6. The molecule has 2 heteroatoms. The fraction of sp³-hybridized carbons (Fsp3) is 1.00. The van der Waals surface area contributed by atoms with Crippen molar-refractivity contribution in [2.75, 3.05) is 13.2 Å². The standard InChI is InChI=1S/C13H27NO/c1-4-15-11-12(2)14-13(3)9-7-5-6-8-10-13/h12,14H,4-11H2,1-3H3. The highest BCUT2D eigenvalue weighted by molar-refractivity contribution is 4.87. The van der Waals surface area contributed by atoms with Crippen molar-refractivity contribution in [1.82, 2.24) is 5.32 Å². The van der Waals surface area contributed by atoms with Crippen LogP contribution in [0.5, 0.6) is 0 Å². The van der Waals surface area contributed by atoms with Gasteiger partial charge >= 0.3 is 0 Å². The van der Waals surface area contributed by atoms with Gasteiger partial charge < -0.3 is 10.1 Å². The molecule has 15 heavy (non-hydrogen) atoms. The van der Waals surface area contributed by atoms with E-state index in [4.69, 9.17) is 4.74 Å². The largest absolute Gasteiger partial charge is 0.380 e. The van der Waals surface area contributed by atoms with Crippen molar-refractivity contribution in [2.24, 2.45) is 0 Å². The molecule has 0 heterocycles. The molecule has 1 fully saturated rings. The van der Waals surface area contributed by atoms with Gasteiger partial charge in [0.05, 0.1) is 6.61 Å². The third-order valence-corrected chi connectivity index (χ3v) is 3.37. The van der Waals surface area contributed by atoms with Crippen LogP contribution >= 0.6 is 0 Å². The van der Waals surface area contributed by atoms with E-state index in [0.717, 1.165) is 13.2 Å². The summed E-state index contributed by atoms with van der Waals surface area (Å²) in [6.45, 7) is 8.32. The Morgan fingerprint density at radius 3 is 2.33 bits per heavy atom. The summed E-state index contributed by atoms with van der Waals surface area (Å²) in [6, 6.07) is 0.480. The molecule has 0 spiro atoms. The summed E-state index contributed by atoms with van der Waals surface area (Å²) in [5, 5.41) is 3.74. The molecule has 0 aromatic carbocycles. The molecular weight excluding hydrogens is 186 g/mol. The second kappa shape index (κ2) is 6.49. The molecule has 1 aliphatic rings. The van der Waals surface area contributed by atoms with Crippen molar-refractivity contribution in [3.8, 4) is 0 Å². The van der Waals surface area contributed by atoms with Gasteiger partial charge in [0.15, 0.2) is 0 Å². The van der Waals surface area contributed by atoms with Gasteiger partial charge in [0.25, 0.3) is 0 Å². The third kappa shape index (κ3) is 4.98. The van der Waals surface area contributed by atoms with Crippen molar-refractivity contribution in [3.05, 3.63) is 0 Å².